The van der Waals surface area contributed by atoms with E-state index in [1.54, 1.807) is 12.0 Å². The number of ether oxygens (including phenoxy) is 1. The maximum atomic E-state index is 12.5. The first-order valence-corrected chi connectivity index (χ1v) is 7.62. The molecule has 0 aliphatic heterocycles. The van der Waals surface area contributed by atoms with E-state index in [4.69, 9.17) is 14.9 Å². The van der Waals surface area contributed by atoms with Gasteiger partial charge >= 0.3 is 5.97 Å². The van der Waals surface area contributed by atoms with Gasteiger partial charge in [0.2, 0.25) is 5.91 Å². The number of aliphatic hydroxyl groups excluding tert-OH is 1. The fourth-order valence-corrected chi connectivity index (χ4v) is 3.15. The number of carboxylic acids is 1. The highest BCUT2D eigenvalue weighted by atomic mass is 16.5. The van der Waals surface area contributed by atoms with Crippen LogP contribution in [-0.2, 0) is 14.3 Å². The zero-order chi connectivity index (χ0) is 15.7. The highest BCUT2D eigenvalue weighted by molar-refractivity contribution is 5.78. The number of carbonyl (C=O) groups excluding carboxylic acids is 1. The Kier molecular flexibility index (Phi) is 7.67. The van der Waals surface area contributed by atoms with E-state index in [2.05, 4.69) is 0 Å². The second-order valence-corrected chi connectivity index (χ2v) is 5.91. The van der Waals surface area contributed by atoms with E-state index in [-0.39, 0.29) is 31.9 Å². The molecule has 0 saturated heterocycles. The molecule has 0 spiro atoms. The van der Waals surface area contributed by atoms with E-state index in [1.165, 1.54) is 0 Å². The number of hydrogen-bond acceptors (Lipinski definition) is 4. The second kappa shape index (κ2) is 9.00. The Bertz CT molecular complexity index is 339. The van der Waals surface area contributed by atoms with Gasteiger partial charge in [-0.15, -0.1) is 0 Å². The fraction of sp³-hybridized carbons (Fsp3) is 0.867. The van der Waals surface area contributed by atoms with Crippen molar-refractivity contribution >= 4 is 11.9 Å². The zero-order valence-electron chi connectivity index (χ0n) is 12.8. The summed E-state index contributed by atoms with van der Waals surface area (Å²) in [6, 6.07) is 0. The summed E-state index contributed by atoms with van der Waals surface area (Å²) in [4.78, 5) is 25.2. The Labute approximate surface area is 126 Å². The maximum Gasteiger partial charge on any atom is 0.303 e. The van der Waals surface area contributed by atoms with E-state index < -0.39 is 11.4 Å². The van der Waals surface area contributed by atoms with Gasteiger partial charge in [-0.3, -0.25) is 9.59 Å². The standard InChI is InChI=1S/C15H27NO5/c1-21-10-8-16(7-9-17)13(18)11-15(12-14(19)20)5-3-2-4-6-15/h17H,2-12H2,1H3,(H,19,20). The van der Waals surface area contributed by atoms with Crippen LogP contribution in [0.1, 0.15) is 44.9 Å². The predicted molar refractivity (Wildman–Crippen MR) is 77.9 cm³/mol. The normalized spacial score (nSPS) is 17.4. The topological polar surface area (TPSA) is 87.1 Å². The molecule has 1 aliphatic rings. The molecule has 6 heteroatoms. The van der Waals surface area contributed by atoms with Gasteiger partial charge in [-0.1, -0.05) is 19.3 Å². The summed E-state index contributed by atoms with van der Waals surface area (Å²) in [6.45, 7) is 1.02. The van der Waals surface area contributed by atoms with Crippen molar-refractivity contribution in [2.45, 2.75) is 44.9 Å². The molecular formula is C15H27NO5. The lowest BCUT2D eigenvalue weighted by Gasteiger charge is -2.37. The lowest BCUT2D eigenvalue weighted by Crippen LogP contribution is -2.40. The molecule has 122 valence electrons. The van der Waals surface area contributed by atoms with Crippen molar-refractivity contribution in [3.8, 4) is 0 Å². The van der Waals surface area contributed by atoms with Crippen LogP contribution in [0.25, 0.3) is 0 Å². The van der Waals surface area contributed by atoms with E-state index in [1.807, 2.05) is 0 Å². The van der Waals surface area contributed by atoms with E-state index in [9.17, 15) is 9.59 Å². The number of nitrogens with zero attached hydrogens (tertiary/aromatic N) is 1. The Morgan fingerprint density at radius 1 is 1.14 bits per heavy atom. The van der Waals surface area contributed by atoms with Gasteiger partial charge in [0, 0.05) is 26.6 Å². The Morgan fingerprint density at radius 2 is 1.81 bits per heavy atom. The van der Waals surface area contributed by atoms with Crippen molar-refractivity contribution < 1.29 is 24.5 Å². The van der Waals surface area contributed by atoms with Crippen LogP contribution in [0.4, 0.5) is 0 Å². The number of carbonyl (C=O) groups is 2. The number of carboxylic acid groups (broad SMARTS) is 1. The SMILES string of the molecule is COCCN(CCO)C(=O)CC1(CC(=O)O)CCCCC1. The molecule has 0 aromatic rings. The van der Waals surface area contributed by atoms with E-state index >= 15 is 0 Å². The van der Waals surface area contributed by atoms with Gasteiger partial charge in [-0.2, -0.15) is 0 Å². The van der Waals surface area contributed by atoms with Crippen LogP contribution in [-0.4, -0.2) is 60.4 Å². The molecule has 1 fully saturated rings. The highest BCUT2D eigenvalue weighted by Crippen LogP contribution is 2.42. The number of methoxy groups -OCH3 is 1. The Balaban J connectivity index is 2.70. The third kappa shape index (κ3) is 6.01. The molecular weight excluding hydrogens is 274 g/mol. The Morgan fingerprint density at radius 3 is 2.33 bits per heavy atom. The summed E-state index contributed by atoms with van der Waals surface area (Å²) in [5.74, 6) is -0.917. The Hall–Kier alpha value is -1.14. The average Bonchev–Trinajstić information content (AvgIpc) is 2.43. The smallest absolute Gasteiger partial charge is 0.303 e. The van der Waals surface area contributed by atoms with Crippen molar-refractivity contribution in [2.24, 2.45) is 5.41 Å². The van der Waals surface area contributed by atoms with Crippen molar-refractivity contribution in [3.63, 3.8) is 0 Å². The van der Waals surface area contributed by atoms with E-state index in [0.29, 0.717) is 13.2 Å². The van der Waals surface area contributed by atoms with Crippen LogP contribution in [0.5, 0.6) is 0 Å². The first-order chi connectivity index (χ1) is 10.0. The van der Waals surface area contributed by atoms with Crippen molar-refractivity contribution in [3.05, 3.63) is 0 Å². The van der Waals surface area contributed by atoms with Crippen LogP contribution < -0.4 is 0 Å². The summed E-state index contributed by atoms with van der Waals surface area (Å²) < 4.78 is 4.98. The number of rotatable bonds is 9. The predicted octanol–water partition coefficient (Wildman–Crippen LogP) is 1.27. The van der Waals surface area contributed by atoms with Gasteiger partial charge < -0.3 is 19.8 Å². The molecule has 1 aliphatic carbocycles. The molecule has 0 heterocycles. The first-order valence-electron chi connectivity index (χ1n) is 7.62. The number of amides is 1. The zero-order valence-corrected chi connectivity index (χ0v) is 12.8. The number of aliphatic carboxylic acids is 1. The van der Waals surface area contributed by atoms with Crippen LogP contribution in [0, 0.1) is 5.41 Å². The van der Waals surface area contributed by atoms with Gasteiger partial charge in [0.05, 0.1) is 19.6 Å². The molecule has 0 aromatic heterocycles. The molecule has 0 bridgehead atoms. The quantitative estimate of drug-likeness (QED) is 0.669. The van der Waals surface area contributed by atoms with Gasteiger partial charge in [0.25, 0.3) is 0 Å². The lowest BCUT2D eigenvalue weighted by molar-refractivity contribution is -0.143. The summed E-state index contributed by atoms with van der Waals surface area (Å²) in [5.41, 5.74) is -0.415. The monoisotopic (exact) mass is 301 g/mol. The van der Waals surface area contributed by atoms with Gasteiger partial charge in [-0.05, 0) is 18.3 Å². The third-order valence-electron chi connectivity index (χ3n) is 4.25. The van der Waals surface area contributed by atoms with Gasteiger partial charge in [0.15, 0.2) is 0 Å². The summed E-state index contributed by atoms with van der Waals surface area (Å²) in [7, 11) is 1.56. The third-order valence-corrected chi connectivity index (χ3v) is 4.25. The van der Waals surface area contributed by atoms with Gasteiger partial charge in [-0.25, -0.2) is 0 Å². The molecule has 1 amide bonds. The largest absolute Gasteiger partial charge is 0.481 e. The van der Waals surface area contributed by atoms with E-state index in [0.717, 1.165) is 32.1 Å². The van der Waals surface area contributed by atoms with Crippen molar-refractivity contribution in [2.75, 3.05) is 33.4 Å². The van der Waals surface area contributed by atoms with Crippen molar-refractivity contribution in [1.29, 1.82) is 0 Å². The lowest BCUT2D eigenvalue weighted by atomic mass is 9.69. The minimum absolute atomic E-state index is 0.0516. The minimum Gasteiger partial charge on any atom is -0.481 e. The van der Waals surface area contributed by atoms with Gasteiger partial charge in [0.1, 0.15) is 0 Å². The molecule has 6 nitrogen and oxygen atoms in total. The van der Waals surface area contributed by atoms with Crippen LogP contribution >= 0.6 is 0 Å². The molecule has 1 saturated carbocycles. The van der Waals surface area contributed by atoms with Crippen LogP contribution in [0.2, 0.25) is 0 Å². The maximum absolute atomic E-state index is 12.5. The average molecular weight is 301 g/mol. The molecule has 2 N–H and O–H groups in total. The van der Waals surface area contributed by atoms with Crippen LogP contribution in [0.3, 0.4) is 0 Å². The number of hydrogen-bond donors (Lipinski definition) is 2. The highest BCUT2D eigenvalue weighted by Gasteiger charge is 2.37. The minimum atomic E-state index is -0.838. The molecule has 0 radical (unpaired) electrons. The molecule has 0 unspecified atom stereocenters. The molecule has 21 heavy (non-hydrogen) atoms. The van der Waals surface area contributed by atoms with Crippen LogP contribution in [0.15, 0.2) is 0 Å². The second-order valence-electron chi connectivity index (χ2n) is 5.91. The summed E-state index contributed by atoms with van der Waals surface area (Å²) in [5, 5.41) is 18.2. The first kappa shape index (κ1) is 17.9. The molecule has 0 aromatic carbocycles. The molecule has 1 rings (SSSR count). The fourth-order valence-electron chi connectivity index (χ4n) is 3.15. The summed E-state index contributed by atoms with van der Waals surface area (Å²) in [6.07, 6.45) is 4.97. The number of aliphatic hydroxyl groups is 1. The molecule has 0 atom stereocenters. The van der Waals surface area contributed by atoms with Crippen molar-refractivity contribution in [1.82, 2.24) is 4.90 Å². The summed E-state index contributed by atoms with van der Waals surface area (Å²) >= 11 is 0.